The molecule has 0 radical (unpaired) electrons. The summed E-state index contributed by atoms with van der Waals surface area (Å²) in [4.78, 5) is 4.51. The van der Waals surface area contributed by atoms with Crippen LogP contribution in [0.15, 0.2) is 42.6 Å². The van der Waals surface area contributed by atoms with Crippen molar-refractivity contribution in [2.24, 2.45) is 0 Å². The third kappa shape index (κ3) is 3.00. The van der Waals surface area contributed by atoms with E-state index in [0.29, 0.717) is 11.8 Å². The van der Waals surface area contributed by atoms with Crippen LogP contribution in [0.1, 0.15) is 17.7 Å². The number of nitrogens with zero attached hydrogens (tertiary/aromatic N) is 3. The summed E-state index contributed by atoms with van der Waals surface area (Å²) in [5, 5.41) is 4.83. The van der Waals surface area contributed by atoms with Gasteiger partial charge in [-0.2, -0.15) is 5.10 Å². The first-order chi connectivity index (χ1) is 10.3. The second-order valence-electron chi connectivity index (χ2n) is 4.83. The Morgan fingerprint density at radius 3 is 2.81 bits per heavy atom. The highest BCUT2D eigenvalue weighted by atomic mass is 35.5. The van der Waals surface area contributed by atoms with Gasteiger partial charge in [-0.05, 0) is 31.9 Å². The van der Waals surface area contributed by atoms with Crippen LogP contribution >= 0.6 is 11.6 Å². The zero-order valence-electron chi connectivity index (χ0n) is 11.8. The van der Waals surface area contributed by atoms with Crippen molar-refractivity contribution in [3.8, 4) is 5.75 Å². The van der Waals surface area contributed by atoms with Crippen molar-refractivity contribution in [3.63, 3.8) is 0 Å². The molecule has 0 N–H and O–H groups in total. The minimum atomic E-state index is 0.641. The minimum Gasteiger partial charge on any atom is -0.494 e. The molecule has 0 atom stereocenters. The lowest BCUT2D eigenvalue weighted by atomic mass is 10.1. The molecule has 108 valence electrons. The van der Waals surface area contributed by atoms with Crippen LogP contribution < -0.4 is 4.74 Å². The molecule has 4 nitrogen and oxygen atoms in total. The molecule has 2 heterocycles. The van der Waals surface area contributed by atoms with Gasteiger partial charge in [0.2, 0.25) is 0 Å². The average molecular weight is 302 g/mol. The molecule has 3 aromatic rings. The molecular formula is C16H16ClN3O. The van der Waals surface area contributed by atoms with E-state index in [2.05, 4.69) is 10.1 Å². The van der Waals surface area contributed by atoms with Gasteiger partial charge < -0.3 is 4.74 Å². The van der Waals surface area contributed by atoms with Crippen molar-refractivity contribution in [1.29, 1.82) is 0 Å². The van der Waals surface area contributed by atoms with Gasteiger partial charge in [0, 0.05) is 17.3 Å². The Balaban J connectivity index is 1.65. The van der Waals surface area contributed by atoms with Gasteiger partial charge in [0.15, 0.2) is 5.65 Å². The second kappa shape index (κ2) is 6.14. The van der Waals surface area contributed by atoms with Crippen LogP contribution in [0.5, 0.6) is 5.75 Å². The van der Waals surface area contributed by atoms with Crippen molar-refractivity contribution < 1.29 is 4.74 Å². The van der Waals surface area contributed by atoms with Gasteiger partial charge in [0.1, 0.15) is 10.9 Å². The molecule has 0 saturated heterocycles. The molecule has 0 aliphatic carbocycles. The minimum absolute atomic E-state index is 0.641. The number of rotatable bonds is 5. The quantitative estimate of drug-likeness (QED) is 0.533. The molecule has 0 fully saturated rings. The van der Waals surface area contributed by atoms with E-state index in [0.717, 1.165) is 35.5 Å². The monoisotopic (exact) mass is 301 g/mol. The van der Waals surface area contributed by atoms with Crippen LogP contribution in [0.2, 0.25) is 5.15 Å². The number of fused-ring (bicyclic) bond motifs is 1. The molecule has 0 aliphatic heterocycles. The Morgan fingerprint density at radius 1 is 1.19 bits per heavy atom. The fraction of sp³-hybridized carbons (Fsp3) is 0.250. The third-order valence-electron chi connectivity index (χ3n) is 3.36. The zero-order chi connectivity index (χ0) is 14.7. The molecule has 21 heavy (non-hydrogen) atoms. The van der Waals surface area contributed by atoms with E-state index >= 15 is 0 Å². The highest BCUT2D eigenvalue weighted by Crippen LogP contribution is 2.21. The molecule has 2 aromatic heterocycles. The number of hydrogen-bond acceptors (Lipinski definition) is 3. The highest BCUT2D eigenvalue weighted by Gasteiger charge is 2.11. The van der Waals surface area contributed by atoms with Gasteiger partial charge in [-0.25, -0.2) is 9.50 Å². The number of hydrogen-bond donors (Lipinski definition) is 0. The largest absolute Gasteiger partial charge is 0.494 e. The van der Waals surface area contributed by atoms with E-state index in [1.54, 1.807) is 10.7 Å². The van der Waals surface area contributed by atoms with Gasteiger partial charge in [0.25, 0.3) is 0 Å². The second-order valence-corrected chi connectivity index (χ2v) is 5.19. The molecule has 0 aliphatic rings. The fourth-order valence-electron chi connectivity index (χ4n) is 2.29. The first kappa shape index (κ1) is 13.9. The normalized spacial score (nSPS) is 11.0. The van der Waals surface area contributed by atoms with Crippen molar-refractivity contribution in [2.75, 3.05) is 6.61 Å². The summed E-state index contributed by atoms with van der Waals surface area (Å²) in [5.41, 5.74) is 2.76. The van der Waals surface area contributed by atoms with Crippen molar-refractivity contribution in [3.05, 3.63) is 59.0 Å². The van der Waals surface area contributed by atoms with Crippen LogP contribution in [-0.2, 0) is 6.42 Å². The van der Waals surface area contributed by atoms with Crippen molar-refractivity contribution in [1.82, 2.24) is 14.6 Å². The standard InChI is InChI=1S/C16H16ClN3O/c1-12-14(16(17)20-15(19-12)9-10-18-20)8-5-11-21-13-6-3-2-4-7-13/h2-4,6-7,9-10H,5,8,11H2,1H3. The Hall–Kier alpha value is -2.07. The van der Waals surface area contributed by atoms with Crippen LogP contribution in [-0.4, -0.2) is 21.2 Å². The number of ether oxygens (including phenoxy) is 1. The zero-order valence-corrected chi connectivity index (χ0v) is 12.5. The molecule has 0 saturated carbocycles. The Kier molecular flexibility index (Phi) is 4.06. The summed E-state index contributed by atoms with van der Waals surface area (Å²) in [6.45, 7) is 2.63. The van der Waals surface area contributed by atoms with E-state index in [1.807, 2.05) is 43.3 Å². The molecule has 1 aromatic carbocycles. The fourth-order valence-corrected chi connectivity index (χ4v) is 2.65. The van der Waals surface area contributed by atoms with Gasteiger partial charge >= 0.3 is 0 Å². The highest BCUT2D eigenvalue weighted by molar-refractivity contribution is 6.30. The van der Waals surface area contributed by atoms with E-state index in [1.165, 1.54) is 0 Å². The molecule has 5 heteroatoms. The van der Waals surface area contributed by atoms with E-state index in [9.17, 15) is 0 Å². The topological polar surface area (TPSA) is 39.4 Å². The Labute approximate surface area is 128 Å². The smallest absolute Gasteiger partial charge is 0.156 e. The van der Waals surface area contributed by atoms with E-state index in [4.69, 9.17) is 16.3 Å². The van der Waals surface area contributed by atoms with Crippen LogP contribution in [0.25, 0.3) is 5.65 Å². The first-order valence-electron chi connectivity index (χ1n) is 6.92. The molecule has 0 bridgehead atoms. The lowest BCUT2D eigenvalue weighted by Crippen LogP contribution is -2.05. The van der Waals surface area contributed by atoms with Gasteiger partial charge in [-0.1, -0.05) is 29.8 Å². The number of aromatic nitrogens is 3. The third-order valence-corrected chi connectivity index (χ3v) is 3.75. The number of aryl methyl sites for hydroxylation is 1. The van der Waals surface area contributed by atoms with Crippen LogP contribution in [0.3, 0.4) is 0 Å². The lowest BCUT2D eigenvalue weighted by molar-refractivity contribution is 0.311. The van der Waals surface area contributed by atoms with Crippen LogP contribution in [0.4, 0.5) is 0 Å². The van der Waals surface area contributed by atoms with Gasteiger partial charge in [0.05, 0.1) is 12.8 Å². The van der Waals surface area contributed by atoms with E-state index < -0.39 is 0 Å². The number of benzene rings is 1. The van der Waals surface area contributed by atoms with Crippen molar-refractivity contribution in [2.45, 2.75) is 19.8 Å². The van der Waals surface area contributed by atoms with Gasteiger partial charge in [-0.3, -0.25) is 0 Å². The molecule has 0 unspecified atom stereocenters. The SMILES string of the molecule is Cc1nc2ccnn2c(Cl)c1CCCOc1ccccc1. The van der Waals surface area contributed by atoms with Gasteiger partial charge in [-0.15, -0.1) is 0 Å². The summed E-state index contributed by atoms with van der Waals surface area (Å²) < 4.78 is 7.36. The molecule has 3 rings (SSSR count). The summed E-state index contributed by atoms with van der Waals surface area (Å²) >= 11 is 6.40. The summed E-state index contributed by atoms with van der Waals surface area (Å²) in [7, 11) is 0. The number of para-hydroxylation sites is 1. The maximum atomic E-state index is 6.40. The Bertz CT molecular complexity index is 740. The summed E-state index contributed by atoms with van der Waals surface area (Å²) in [6, 6.07) is 11.7. The van der Waals surface area contributed by atoms with Crippen molar-refractivity contribution >= 4 is 17.2 Å². The van der Waals surface area contributed by atoms with Crippen LogP contribution in [0, 0.1) is 6.92 Å². The lowest BCUT2D eigenvalue weighted by Gasteiger charge is -2.10. The Morgan fingerprint density at radius 2 is 2.00 bits per heavy atom. The molecular weight excluding hydrogens is 286 g/mol. The maximum Gasteiger partial charge on any atom is 0.156 e. The maximum absolute atomic E-state index is 6.40. The predicted octanol–water partition coefficient (Wildman–Crippen LogP) is 3.70. The molecule has 0 spiro atoms. The number of halogens is 1. The summed E-state index contributed by atoms with van der Waals surface area (Å²) in [5.74, 6) is 0.890. The first-order valence-corrected chi connectivity index (χ1v) is 7.30. The predicted molar refractivity (Wildman–Crippen MR) is 83.0 cm³/mol. The average Bonchev–Trinajstić information content (AvgIpc) is 2.96. The van der Waals surface area contributed by atoms with E-state index in [-0.39, 0.29) is 0 Å². The summed E-state index contributed by atoms with van der Waals surface area (Å²) in [6.07, 6.45) is 3.40. The molecule has 0 amide bonds.